The van der Waals surface area contributed by atoms with E-state index in [1.807, 2.05) is 0 Å². The second kappa shape index (κ2) is 3.51. The van der Waals surface area contributed by atoms with Gasteiger partial charge in [0.25, 0.3) is 0 Å². The molecule has 0 spiro atoms. The number of carboxylic acids is 1. The zero-order valence-electron chi connectivity index (χ0n) is 8.10. The Labute approximate surface area is 86.8 Å². The molecule has 0 bridgehead atoms. The molecule has 1 heterocycles. The lowest BCUT2D eigenvalue weighted by Crippen LogP contribution is -2.26. The van der Waals surface area contributed by atoms with Gasteiger partial charge in [-0.15, -0.1) is 0 Å². The molecule has 1 fully saturated rings. The standard InChI is InChI=1S/C10H12N2O3/c13-6-10(2-3-10)12-8-1-4-11-5-7(8)9(14)15/h1,4-5,13H,2-3,6H2,(H,11,12)(H,14,15). The predicted octanol–water partition coefficient (Wildman–Crippen LogP) is 0.717. The molecule has 1 aromatic heterocycles. The van der Waals surface area contributed by atoms with Gasteiger partial charge in [0, 0.05) is 12.4 Å². The van der Waals surface area contributed by atoms with Crippen LogP contribution >= 0.6 is 0 Å². The fourth-order valence-corrected chi connectivity index (χ4v) is 1.43. The van der Waals surface area contributed by atoms with Crippen molar-refractivity contribution in [1.29, 1.82) is 0 Å². The quantitative estimate of drug-likeness (QED) is 0.679. The predicted molar refractivity (Wildman–Crippen MR) is 53.9 cm³/mol. The Hall–Kier alpha value is -1.62. The largest absolute Gasteiger partial charge is 0.478 e. The van der Waals surface area contributed by atoms with Crippen LogP contribution in [0.4, 0.5) is 5.69 Å². The lowest BCUT2D eigenvalue weighted by Gasteiger charge is -2.16. The highest BCUT2D eigenvalue weighted by atomic mass is 16.4. The molecule has 0 aliphatic heterocycles. The van der Waals surface area contributed by atoms with E-state index in [-0.39, 0.29) is 17.7 Å². The maximum absolute atomic E-state index is 10.9. The summed E-state index contributed by atoms with van der Waals surface area (Å²) in [6.07, 6.45) is 4.57. The van der Waals surface area contributed by atoms with Crippen LogP contribution in [0.2, 0.25) is 0 Å². The van der Waals surface area contributed by atoms with E-state index in [0.29, 0.717) is 5.69 Å². The Morgan fingerprint density at radius 3 is 2.87 bits per heavy atom. The fourth-order valence-electron chi connectivity index (χ4n) is 1.43. The van der Waals surface area contributed by atoms with Crippen LogP contribution < -0.4 is 5.32 Å². The van der Waals surface area contributed by atoms with E-state index in [9.17, 15) is 4.79 Å². The molecular weight excluding hydrogens is 196 g/mol. The van der Waals surface area contributed by atoms with Crippen LogP contribution in [0.15, 0.2) is 18.5 Å². The Morgan fingerprint density at radius 1 is 1.60 bits per heavy atom. The molecule has 15 heavy (non-hydrogen) atoms. The van der Waals surface area contributed by atoms with Crippen molar-refractivity contribution in [2.24, 2.45) is 0 Å². The molecule has 2 rings (SSSR count). The highest BCUT2D eigenvalue weighted by Crippen LogP contribution is 2.38. The average Bonchev–Trinajstić information content (AvgIpc) is 2.99. The molecule has 0 amide bonds. The van der Waals surface area contributed by atoms with Gasteiger partial charge >= 0.3 is 5.97 Å². The van der Waals surface area contributed by atoms with E-state index in [4.69, 9.17) is 10.2 Å². The second-order valence-corrected chi connectivity index (χ2v) is 3.79. The van der Waals surface area contributed by atoms with Crippen LogP contribution in [0.5, 0.6) is 0 Å². The van der Waals surface area contributed by atoms with Crippen molar-refractivity contribution in [2.75, 3.05) is 11.9 Å². The highest BCUT2D eigenvalue weighted by molar-refractivity contribution is 5.93. The number of hydrogen-bond donors (Lipinski definition) is 3. The highest BCUT2D eigenvalue weighted by Gasteiger charge is 2.42. The van der Waals surface area contributed by atoms with Crippen molar-refractivity contribution < 1.29 is 15.0 Å². The zero-order chi connectivity index (χ0) is 10.9. The third-order valence-corrected chi connectivity index (χ3v) is 2.61. The monoisotopic (exact) mass is 208 g/mol. The van der Waals surface area contributed by atoms with Gasteiger partial charge in [-0.05, 0) is 18.9 Å². The number of aromatic carboxylic acids is 1. The van der Waals surface area contributed by atoms with Crippen molar-refractivity contribution in [3.63, 3.8) is 0 Å². The first-order valence-corrected chi connectivity index (χ1v) is 4.73. The van der Waals surface area contributed by atoms with Crippen molar-refractivity contribution in [2.45, 2.75) is 18.4 Å². The van der Waals surface area contributed by atoms with Gasteiger partial charge in [-0.1, -0.05) is 0 Å². The maximum Gasteiger partial charge on any atom is 0.339 e. The lowest BCUT2D eigenvalue weighted by atomic mass is 10.2. The summed E-state index contributed by atoms with van der Waals surface area (Å²) in [4.78, 5) is 14.6. The minimum Gasteiger partial charge on any atom is -0.478 e. The van der Waals surface area contributed by atoms with Crippen LogP contribution in [-0.4, -0.2) is 33.3 Å². The number of nitrogens with zero attached hydrogens (tertiary/aromatic N) is 1. The molecule has 0 atom stereocenters. The SMILES string of the molecule is O=C(O)c1cnccc1NC1(CO)CC1. The van der Waals surface area contributed by atoms with E-state index < -0.39 is 5.97 Å². The molecule has 80 valence electrons. The minimum absolute atomic E-state index is 0.0222. The number of nitrogens with one attached hydrogen (secondary N) is 1. The Morgan fingerprint density at radius 2 is 2.33 bits per heavy atom. The van der Waals surface area contributed by atoms with Crippen LogP contribution in [0.3, 0.4) is 0 Å². The van der Waals surface area contributed by atoms with Gasteiger partial charge in [0.15, 0.2) is 0 Å². The number of hydrogen-bond acceptors (Lipinski definition) is 4. The molecule has 0 unspecified atom stereocenters. The smallest absolute Gasteiger partial charge is 0.339 e. The Kier molecular flexibility index (Phi) is 2.32. The number of aliphatic hydroxyl groups is 1. The number of rotatable bonds is 4. The third kappa shape index (κ3) is 1.92. The molecule has 0 saturated heterocycles. The number of carbonyl (C=O) groups is 1. The van der Waals surface area contributed by atoms with E-state index in [1.54, 1.807) is 6.07 Å². The van der Waals surface area contributed by atoms with Gasteiger partial charge in [0.2, 0.25) is 0 Å². The second-order valence-electron chi connectivity index (χ2n) is 3.79. The van der Waals surface area contributed by atoms with Gasteiger partial charge in [-0.25, -0.2) is 4.79 Å². The van der Waals surface area contributed by atoms with E-state index >= 15 is 0 Å². The van der Waals surface area contributed by atoms with Crippen LogP contribution in [0.25, 0.3) is 0 Å². The Balaban J connectivity index is 2.24. The first-order chi connectivity index (χ1) is 7.17. The topological polar surface area (TPSA) is 82.5 Å². The molecule has 0 aromatic carbocycles. The summed E-state index contributed by atoms with van der Waals surface area (Å²) >= 11 is 0. The zero-order valence-corrected chi connectivity index (χ0v) is 8.10. The number of pyridine rings is 1. The molecule has 3 N–H and O–H groups in total. The van der Waals surface area contributed by atoms with Gasteiger partial charge in [0.05, 0.1) is 17.8 Å². The van der Waals surface area contributed by atoms with Gasteiger partial charge < -0.3 is 15.5 Å². The van der Waals surface area contributed by atoms with Crippen molar-refractivity contribution in [3.05, 3.63) is 24.0 Å². The van der Waals surface area contributed by atoms with E-state index in [2.05, 4.69) is 10.3 Å². The summed E-state index contributed by atoms with van der Waals surface area (Å²) in [5.41, 5.74) is 0.340. The Bertz CT molecular complexity index is 388. The lowest BCUT2D eigenvalue weighted by molar-refractivity contribution is 0.0697. The third-order valence-electron chi connectivity index (χ3n) is 2.61. The van der Waals surface area contributed by atoms with Gasteiger partial charge in [-0.2, -0.15) is 0 Å². The van der Waals surface area contributed by atoms with Gasteiger partial charge in [-0.3, -0.25) is 4.98 Å². The summed E-state index contributed by atoms with van der Waals surface area (Å²) in [5, 5.41) is 21.1. The first kappa shape index (κ1) is 9.92. The molecule has 1 aliphatic carbocycles. The molecule has 5 heteroatoms. The molecule has 5 nitrogen and oxygen atoms in total. The van der Waals surface area contributed by atoms with E-state index in [0.717, 1.165) is 12.8 Å². The number of anilines is 1. The average molecular weight is 208 g/mol. The minimum atomic E-state index is -1.01. The van der Waals surface area contributed by atoms with E-state index in [1.165, 1.54) is 12.4 Å². The number of aromatic nitrogens is 1. The molecule has 0 radical (unpaired) electrons. The summed E-state index contributed by atoms with van der Waals surface area (Å²) in [7, 11) is 0. The van der Waals surface area contributed by atoms with Crippen molar-refractivity contribution in [3.8, 4) is 0 Å². The van der Waals surface area contributed by atoms with Crippen molar-refractivity contribution in [1.82, 2.24) is 4.98 Å². The summed E-state index contributed by atoms with van der Waals surface area (Å²) in [6.45, 7) is 0.0222. The maximum atomic E-state index is 10.9. The summed E-state index contributed by atoms with van der Waals surface area (Å²) < 4.78 is 0. The van der Waals surface area contributed by atoms with Crippen molar-refractivity contribution >= 4 is 11.7 Å². The van der Waals surface area contributed by atoms with Gasteiger partial charge in [0.1, 0.15) is 5.56 Å². The summed E-state index contributed by atoms with van der Waals surface area (Å²) in [5.74, 6) is -1.01. The molecule has 1 aliphatic rings. The fraction of sp³-hybridized carbons (Fsp3) is 0.400. The molecular formula is C10H12N2O3. The first-order valence-electron chi connectivity index (χ1n) is 4.73. The molecule has 1 saturated carbocycles. The van der Waals surface area contributed by atoms with Crippen LogP contribution in [0.1, 0.15) is 23.2 Å². The molecule has 1 aromatic rings. The number of carboxylic acid groups (broad SMARTS) is 1. The van der Waals surface area contributed by atoms with Crippen LogP contribution in [0, 0.1) is 0 Å². The normalized spacial score (nSPS) is 17.1. The van der Waals surface area contributed by atoms with Crippen LogP contribution in [-0.2, 0) is 0 Å². The summed E-state index contributed by atoms with van der Waals surface area (Å²) in [6, 6.07) is 1.61. The number of aliphatic hydroxyl groups excluding tert-OH is 1.